The van der Waals surface area contributed by atoms with Gasteiger partial charge in [0, 0.05) is 45.7 Å². The van der Waals surface area contributed by atoms with Crippen molar-refractivity contribution in [3.05, 3.63) is 64.2 Å². The van der Waals surface area contributed by atoms with Crippen LogP contribution in [-0.4, -0.2) is 55.5 Å². The summed E-state index contributed by atoms with van der Waals surface area (Å²) in [6.07, 6.45) is -0.944. The summed E-state index contributed by atoms with van der Waals surface area (Å²) in [6.45, 7) is 5.47. The van der Waals surface area contributed by atoms with E-state index in [0.717, 1.165) is 17.3 Å². The molecule has 0 radical (unpaired) electrons. The number of carbonyl (C=O) groups excluding carboxylic acids is 2. The molecule has 1 saturated heterocycles. The van der Waals surface area contributed by atoms with Crippen molar-refractivity contribution in [2.75, 3.05) is 13.1 Å². The molecule has 8 nitrogen and oxygen atoms in total. The molecule has 3 aromatic rings. The van der Waals surface area contributed by atoms with E-state index in [0.29, 0.717) is 10.6 Å². The fourth-order valence-electron chi connectivity index (χ4n) is 3.67. The molecule has 4 rings (SSSR count). The maximum atomic E-state index is 13.1. The highest BCUT2D eigenvalue weighted by molar-refractivity contribution is 7.14. The highest BCUT2D eigenvalue weighted by Gasteiger charge is 2.40. The third-order valence-corrected chi connectivity index (χ3v) is 6.40. The Morgan fingerprint density at radius 2 is 1.74 bits per heavy atom. The number of β-amino-alcohol motifs (C(OH)–C–C–N with tert-alkyl or cyclic N) is 1. The van der Waals surface area contributed by atoms with Crippen LogP contribution < -0.4 is 5.32 Å². The van der Waals surface area contributed by atoms with Gasteiger partial charge in [0.1, 0.15) is 5.01 Å². The molecule has 0 aliphatic carbocycles. The molecule has 1 fully saturated rings. The quantitative estimate of drug-likeness (QED) is 0.548. The zero-order valence-electron chi connectivity index (χ0n) is 19.1. The van der Waals surface area contributed by atoms with Crippen LogP contribution in [0.25, 0.3) is 10.6 Å². The van der Waals surface area contributed by atoms with Gasteiger partial charge < -0.3 is 15.3 Å². The van der Waals surface area contributed by atoms with Gasteiger partial charge in [0.25, 0.3) is 11.8 Å². The van der Waals surface area contributed by atoms with Gasteiger partial charge in [-0.1, -0.05) is 0 Å². The van der Waals surface area contributed by atoms with E-state index >= 15 is 0 Å². The van der Waals surface area contributed by atoms with Crippen molar-refractivity contribution in [1.29, 1.82) is 0 Å². The first-order valence-electron chi connectivity index (χ1n) is 10.6. The fraction of sp³-hybridized carbons (Fsp3) is 0.348. The lowest BCUT2D eigenvalue weighted by atomic mass is 9.95. The Hall–Kier alpha value is -3.38. The Labute approximate surface area is 202 Å². The van der Waals surface area contributed by atoms with Crippen molar-refractivity contribution >= 4 is 23.2 Å². The third-order valence-electron chi connectivity index (χ3n) is 5.43. The average molecular weight is 506 g/mol. The number of alkyl halides is 3. The maximum Gasteiger partial charge on any atom is 0.451 e. The number of carbonyl (C=O) groups is 2. The first-order chi connectivity index (χ1) is 16.3. The largest absolute Gasteiger partial charge is 0.451 e. The van der Waals surface area contributed by atoms with E-state index in [1.165, 1.54) is 22.3 Å². The van der Waals surface area contributed by atoms with Gasteiger partial charge in [0.05, 0.1) is 24.7 Å². The van der Waals surface area contributed by atoms with E-state index in [-0.39, 0.29) is 35.7 Å². The van der Waals surface area contributed by atoms with Crippen LogP contribution in [0.2, 0.25) is 0 Å². The second-order valence-electron chi connectivity index (χ2n) is 8.77. The van der Waals surface area contributed by atoms with Crippen molar-refractivity contribution in [1.82, 2.24) is 25.2 Å². The number of aliphatic hydroxyl groups is 1. The van der Waals surface area contributed by atoms with E-state index in [2.05, 4.69) is 20.3 Å². The van der Waals surface area contributed by atoms with E-state index in [1.54, 1.807) is 32.2 Å². The predicted octanol–water partition coefficient (Wildman–Crippen LogP) is 3.63. The molecule has 1 aromatic carbocycles. The van der Waals surface area contributed by atoms with Crippen molar-refractivity contribution in [2.45, 2.75) is 38.6 Å². The van der Waals surface area contributed by atoms with Crippen LogP contribution in [-0.2, 0) is 6.18 Å². The van der Waals surface area contributed by atoms with Crippen molar-refractivity contribution in [2.24, 2.45) is 0 Å². The fourth-order valence-corrected chi connectivity index (χ4v) is 4.42. The molecule has 2 N–H and O–H groups in total. The molecule has 0 bridgehead atoms. The summed E-state index contributed by atoms with van der Waals surface area (Å²) in [5.74, 6) is -2.12. The highest BCUT2D eigenvalue weighted by atomic mass is 32.1. The topological polar surface area (TPSA) is 108 Å². The molecule has 0 spiro atoms. The molecular weight excluding hydrogens is 483 g/mol. The summed E-state index contributed by atoms with van der Waals surface area (Å²) in [6, 6.07) is 4.01. The lowest BCUT2D eigenvalue weighted by molar-refractivity contribution is -0.145. The highest BCUT2D eigenvalue weighted by Crippen LogP contribution is 2.30. The summed E-state index contributed by atoms with van der Waals surface area (Å²) in [5.41, 5.74) is 0.375. The summed E-state index contributed by atoms with van der Waals surface area (Å²) in [5, 5.41) is 13.3. The number of hydrogen-bond acceptors (Lipinski definition) is 7. The van der Waals surface area contributed by atoms with Crippen LogP contribution in [0.1, 0.15) is 56.9 Å². The molecule has 1 aliphatic heterocycles. The summed E-state index contributed by atoms with van der Waals surface area (Å²) in [4.78, 5) is 39.5. The van der Waals surface area contributed by atoms with Crippen LogP contribution in [0.4, 0.5) is 13.2 Å². The van der Waals surface area contributed by atoms with E-state index < -0.39 is 29.6 Å². The number of benzene rings is 1. The van der Waals surface area contributed by atoms with Crippen LogP contribution in [0.15, 0.2) is 36.8 Å². The standard InChI is InChI=1S/C23H22F3N5O3S/c1-12-7-27-19(35-12)15-4-14(5-16(6-15)20(33)31-10-22(3,34)11-31)18(32)30-13(2)17-8-28-21(29-9-17)23(24,25)26/h4-9,13,34H,10-11H2,1-3H3,(H,30,32)/t13-/m1/s1. The Bertz CT molecular complexity index is 1270. The molecule has 1 aliphatic rings. The van der Waals surface area contributed by atoms with Gasteiger partial charge >= 0.3 is 6.18 Å². The van der Waals surface area contributed by atoms with E-state index in [9.17, 15) is 27.9 Å². The second-order valence-corrected chi connectivity index (χ2v) is 10.0. The van der Waals surface area contributed by atoms with Gasteiger partial charge in [-0.2, -0.15) is 13.2 Å². The normalized spacial score (nSPS) is 15.9. The molecule has 1 atom stereocenters. The molecule has 0 unspecified atom stereocenters. The predicted molar refractivity (Wildman–Crippen MR) is 122 cm³/mol. The molecule has 3 heterocycles. The number of thiazole rings is 1. The average Bonchev–Trinajstić information content (AvgIpc) is 3.22. The molecule has 184 valence electrons. The summed E-state index contributed by atoms with van der Waals surface area (Å²) < 4.78 is 38.2. The Morgan fingerprint density at radius 1 is 1.11 bits per heavy atom. The van der Waals surface area contributed by atoms with Gasteiger partial charge in [-0.3, -0.25) is 9.59 Å². The van der Waals surface area contributed by atoms with Crippen molar-refractivity contribution in [3.63, 3.8) is 0 Å². The Kier molecular flexibility index (Phi) is 6.36. The number of nitrogens with zero attached hydrogens (tertiary/aromatic N) is 4. The first-order valence-corrected chi connectivity index (χ1v) is 11.4. The number of amides is 2. The van der Waals surface area contributed by atoms with Crippen molar-refractivity contribution < 1.29 is 27.9 Å². The zero-order chi connectivity index (χ0) is 25.5. The van der Waals surface area contributed by atoms with E-state index in [4.69, 9.17) is 0 Å². The van der Waals surface area contributed by atoms with Crippen molar-refractivity contribution in [3.8, 4) is 10.6 Å². The number of halogens is 3. The third kappa shape index (κ3) is 5.49. The molecule has 2 aromatic heterocycles. The number of aryl methyl sites for hydroxylation is 1. The lowest BCUT2D eigenvalue weighted by Crippen LogP contribution is -2.61. The van der Waals surface area contributed by atoms with Crippen LogP contribution >= 0.6 is 11.3 Å². The Morgan fingerprint density at radius 3 is 2.29 bits per heavy atom. The van der Waals surface area contributed by atoms with Gasteiger partial charge in [-0.05, 0) is 39.0 Å². The molecule has 2 amide bonds. The summed E-state index contributed by atoms with van der Waals surface area (Å²) >= 11 is 1.41. The maximum absolute atomic E-state index is 13.1. The lowest BCUT2D eigenvalue weighted by Gasteiger charge is -2.44. The van der Waals surface area contributed by atoms with Crippen LogP contribution in [0, 0.1) is 6.92 Å². The number of likely N-dealkylation sites (tertiary alicyclic amines) is 1. The minimum absolute atomic E-state index is 0.179. The minimum atomic E-state index is -4.66. The number of aromatic nitrogens is 3. The van der Waals surface area contributed by atoms with Gasteiger partial charge in [-0.15, -0.1) is 11.3 Å². The van der Waals surface area contributed by atoms with Crippen LogP contribution in [0.5, 0.6) is 0 Å². The number of rotatable bonds is 5. The number of hydrogen-bond donors (Lipinski definition) is 2. The smallest absolute Gasteiger partial charge is 0.386 e. The zero-order valence-corrected chi connectivity index (χ0v) is 19.9. The van der Waals surface area contributed by atoms with Gasteiger partial charge in [-0.25, -0.2) is 15.0 Å². The molecule has 0 saturated carbocycles. The molecule has 12 heteroatoms. The Balaban J connectivity index is 1.60. The molecule has 35 heavy (non-hydrogen) atoms. The second kappa shape index (κ2) is 9.00. The van der Waals surface area contributed by atoms with E-state index in [1.807, 2.05) is 6.92 Å². The monoisotopic (exact) mass is 505 g/mol. The van der Waals surface area contributed by atoms with Gasteiger partial charge in [0.15, 0.2) is 0 Å². The number of nitrogens with one attached hydrogen (secondary N) is 1. The SMILES string of the molecule is Cc1cnc(-c2cc(C(=O)N[C@H](C)c3cnc(C(F)(F)F)nc3)cc(C(=O)N3CC(C)(O)C3)c2)s1. The minimum Gasteiger partial charge on any atom is -0.386 e. The summed E-state index contributed by atoms with van der Waals surface area (Å²) in [7, 11) is 0. The van der Waals surface area contributed by atoms with Crippen LogP contribution in [0.3, 0.4) is 0 Å². The van der Waals surface area contributed by atoms with Gasteiger partial charge in [0.2, 0.25) is 5.82 Å². The molecular formula is C23H22F3N5O3S. The first kappa shape index (κ1) is 24.7.